The summed E-state index contributed by atoms with van der Waals surface area (Å²) < 4.78 is 4.97. The van der Waals surface area contributed by atoms with Crippen molar-refractivity contribution in [2.24, 2.45) is 4.99 Å². The molecule has 0 aromatic carbocycles. The van der Waals surface area contributed by atoms with E-state index in [1.165, 1.54) is 0 Å². The molecule has 0 aliphatic heterocycles. The zero-order valence-corrected chi connectivity index (χ0v) is 7.70. The van der Waals surface area contributed by atoms with Crippen LogP contribution in [0.2, 0.25) is 0 Å². The van der Waals surface area contributed by atoms with Gasteiger partial charge in [0.25, 0.3) is 0 Å². The molecule has 0 aliphatic rings. The molecule has 2 nitrogen and oxygen atoms in total. The molecular formula is C7H14ClNO. The fraction of sp³-hybridized carbons (Fsp3) is 0.857. The van der Waals surface area contributed by atoms with Crippen LogP contribution in [-0.2, 0) is 4.74 Å². The SMILES string of the molecule is CCC(C)(Cl)C(=NC)OC. The number of rotatable bonds is 2. The van der Waals surface area contributed by atoms with Crippen LogP contribution in [0.4, 0.5) is 0 Å². The molecule has 0 bridgehead atoms. The summed E-state index contributed by atoms with van der Waals surface area (Å²) in [7, 11) is 3.26. The number of hydrogen-bond donors (Lipinski definition) is 0. The maximum atomic E-state index is 6.03. The molecule has 0 spiro atoms. The predicted octanol–water partition coefficient (Wildman–Crippen LogP) is 2.07. The Bertz CT molecular complexity index is 132. The first kappa shape index (κ1) is 9.76. The first-order chi connectivity index (χ1) is 4.58. The lowest BCUT2D eigenvalue weighted by Crippen LogP contribution is -2.29. The summed E-state index contributed by atoms with van der Waals surface area (Å²) >= 11 is 6.03. The van der Waals surface area contributed by atoms with E-state index < -0.39 is 4.87 Å². The minimum atomic E-state index is -0.441. The van der Waals surface area contributed by atoms with Gasteiger partial charge in [-0.25, -0.2) is 0 Å². The summed E-state index contributed by atoms with van der Waals surface area (Å²) in [5, 5.41) is 0. The molecule has 3 heteroatoms. The lowest BCUT2D eigenvalue weighted by atomic mass is 10.1. The van der Waals surface area contributed by atoms with Crippen molar-refractivity contribution in [1.82, 2.24) is 0 Å². The molecule has 0 N–H and O–H groups in total. The molecule has 10 heavy (non-hydrogen) atoms. The summed E-state index contributed by atoms with van der Waals surface area (Å²) in [6.45, 7) is 3.89. The molecule has 0 saturated carbocycles. The highest BCUT2D eigenvalue weighted by molar-refractivity contribution is 6.34. The van der Waals surface area contributed by atoms with E-state index in [4.69, 9.17) is 16.3 Å². The van der Waals surface area contributed by atoms with Crippen LogP contribution in [0.1, 0.15) is 20.3 Å². The van der Waals surface area contributed by atoms with Crippen molar-refractivity contribution in [2.75, 3.05) is 14.2 Å². The number of aliphatic imine (C=N–C) groups is 1. The van der Waals surface area contributed by atoms with Gasteiger partial charge in [-0.2, -0.15) is 0 Å². The van der Waals surface area contributed by atoms with Crippen molar-refractivity contribution in [1.29, 1.82) is 0 Å². The Balaban J connectivity index is 4.28. The normalized spacial score (nSPS) is 18.3. The zero-order chi connectivity index (χ0) is 8.20. The van der Waals surface area contributed by atoms with E-state index in [1.807, 2.05) is 13.8 Å². The van der Waals surface area contributed by atoms with Crippen LogP contribution in [0, 0.1) is 0 Å². The van der Waals surface area contributed by atoms with Crippen molar-refractivity contribution in [3.8, 4) is 0 Å². The molecule has 0 heterocycles. The number of halogens is 1. The van der Waals surface area contributed by atoms with Gasteiger partial charge in [-0.15, -0.1) is 11.6 Å². The maximum Gasteiger partial charge on any atom is 0.204 e. The molecule has 0 aromatic rings. The van der Waals surface area contributed by atoms with E-state index in [1.54, 1.807) is 14.2 Å². The molecule has 0 saturated heterocycles. The fourth-order valence-corrected chi connectivity index (χ4v) is 0.850. The number of hydrogen-bond acceptors (Lipinski definition) is 2. The molecule has 0 aliphatic carbocycles. The maximum absolute atomic E-state index is 6.03. The number of methoxy groups -OCH3 is 1. The van der Waals surface area contributed by atoms with Gasteiger partial charge in [-0.1, -0.05) is 6.92 Å². The van der Waals surface area contributed by atoms with Crippen LogP contribution < -0.4 is 0 Å². The molecular weight excluding hydrogens is 150 g/mol. The van der Waals surface area contributed by atoms with E-state index in [9.17, 15) is 0 Å². The Morgan fingerprint density at radius 1 is 1.70 bits per heavy atom. The van der Waals surface area contributed by atoms with Gasteiger partial charge in [-0.3, -0.25) is 4.99 Å². The average Bonchev–Trinajstić information content (AvgIpc) is 1.90. The Morgan fingerprint density at radius 2 is 2.20 bits per heavy atom. The van der Waals surface area contributed by atoms with E-state index in [2.05, 4.69) is 4.99 Å². The smallest absolute Gasteiger partial charge is 0.204 e. The van der Waals surface area contributed by atoms with E-state index in [0.29, 0.717) is 5.90 Å². The van der Waals surface area contributed by atoms with E-state index in [-0.39, 0.29) is 0 Å². The first-order valence-corrected chi connectivity index (χ1v) is 3.66. The summed E-state index contributed by atoms with van der Waals surface area (Å²) in [6.07, 6.45) is 0.815. The summed E-state index contributed by atoms with van der Waals surface area (Å²) in [4.78, 5) is 3.47. The second-order valence-electron chi connectivity index (χ2n) is 2.28. The lowest BCUT2D eigenvalue weighted by Gasteiger charge is -2.19. The van der Waals surface area contributed by atoms with Gasteiger partial charge < -0.3 is 4.74 Å². The second kappa shape index (κ2) is 3.81. The minimum absolute atomic E-state index is 0.441. The Kier molecular flexibility index (Phi) is 3.72. The van der Waals surface area contributed by atoms with Crippen molar-refractivity contribution in [3.05, 3.63) is 0 Å². The highest BCUT2D eigenvalue weighted by Crippen LogP contribution is 2.20. The molecule has 0 rings (SSSR count). The predicted molar refractivity (Wildman–Crippen MR) is 44.9 cm³/mol. The third-order valence-electron chi connectivity index (χ3n) is 1.51. The monoisotopic (exact) mass is 163 g/mol. The summed E-state index contributed by atoms with van der Waals surface area (Å²) in [6, 6.07) is 0. The van der Waals surface area contributed by atoms with Gasteiger partial charge in [0, 0.05) is 7.05 Å². The largest absolute Gasteiger partial charge is 0.483 e. The van der Waals surface area contributed by atoms with Crippen LogP contribution in [-0.4, -0.2) is 24.9 Å². The quantitative estimate of drug-likeness (QED) is 0.347. The van der Waals surface area contributed by atoms with Crippen molar-refractivity contribution < 1.29 is 4.74 Å². The van der Waals surface area contributed by atoms with Gasteiger partial charge >= 0.3 is 0 Å². The standard InChI is InChI=1S/C7H14ClNO/c1-5-7(2,8)6(9-3)10-4/h5H2,1-4H3. The minimum Gasteiger partial charge on any atom is -0.483 e. The zero-order valence-electron chi connectivity index (χ0n) is 6.94. The van der Waals surface area contributed by atoms with E-state index in [0.717, 1.165) is 6.42 Å². The Morgan fingerprint density at radius 3 is 2.30 bits per heavy atom. The molecule has 0 fully saturated rings. The highest BCUT2D eigenvalue weighted by atomic mass is 35.5. The molecule has 0 aromatic heterocycles. The topological polar surface area (TPSA) is 21.6 Å². The van der Waals surface area contributed by atoms with Crippen molar-refractivity contribution >= 4 is 17.5 Å². The summed E-state index contributed by atoms with van der Waals surface area (Å²) in [5.41, 5.74) is 0. The number of nitrogens with zero attached hydrogens (tertiary/aromatic N) is 1. The first-order valence-electron chi connectivity index (χ1n) is 3.28. The molecule has 60 valence electrons. The van der Waals surface area contributed by atoms with Crippen LogP contribution in [0.3, 0.4) is 0 Å². The van der Waals surface area contributed by atoms with Crippen LogP contribution >= 0.6 is 11.6 Å². The third-order valence-corrected chi connectivity index (χ3v) is 1.94. The van der Waals surface area contributed by atoms with Crippen LogP contribution in [0.15, 0.2) is 4.99 Å². The van der Waals surface area contributed by atoms with Gasteiger partial charge in [0.15, 0.2) is 0 Å². The second-order valence-corrected chi connectivity index (χ2v) is 3.12. The molecule has 1 unspecified atom stereocenters. The Hall–Kier alpha value is -0.240. The third kappa shape index (κ3) is 2.18. The molecule has 1 atom stereocenters. The van der Waals surface area contributed by atoms with Crippen LogP contribution in [0.25, 0.3) is 0 Å². The molecule has 0 amide bonds. The van der Waals surface area contributed by atoms with Gasteiger partial charge in [0.2, 0.25) is 5.90 Å². The van der Waals surface area contributed by atoms with Gasteiger partial charge in [0.05, 0.1) is 7.11 Å². The van der Waals surface area contributed by atoms with Crippen molar-refractivity contribution in [3.63, 3.8) is 0 Å². The van der Waals surface area contributed by atoms with Gasteiger partial charge in [-0.05, 0) is 13.3 Å². The van der Waals surface area contributed by atoms with Gasteiger partial charge in [0.1, 0.15) is 4.87 Å². The van der Waals surface area contributed by atoms with Crippen LogP contribution in [0.5, 0.6) is 0 Å². The highest BCUT2D eigenvalue weighted by Gasteiger charge is 2.26. The number of ether oxygens (including phenoxy) is 1. The summed E-state index contributed by atoms with van der Waals surface area (Å²) in [5.74, 6) is 0.594. The number of alkyl halides is 1. The Labute approximate surface area is 67.2 Å². The van der Waals surface area contributed by atoms with Crippen molar-refractivity contribution in [2.45, 2.75) is 25.1 Å². The lowest BCUT2D eigenvalue weighted by molar-refractivity contribution is 0.373. The fourth-order valence-electron chi connectivity index (χ4n) is 0.688. The molecule has 0 radical (unpaired) electrons. The average molecular weight is 164 g/mol. The van der Waals surface area contributed by atoms with E-state index >= 15 is 0 Å².